The molecule has 2 nitrogen and oxygen atoms in total. The van der Waals surface area contributed by atoms with E-state index < -0.39 is 0 Å². The van der Waals surface area contributed by atoms with Gasteiger partial charge in [-0.1, -0.05) is 0 Å². The van der Waals surface area contributed by atoms with Crippen molar-refractivity contribution < 1.29 is 4.74 Å². The second-order valence-corrected chi connectivity index (χ2v) is 7.63. The van der Waals surface area contributed by atoms with E-state index >= 15 is 0 Å². The number of nitrogens with zero attached hydrogens (tertiary/aromatic N) is 1. The fraction of sp³-hybridized carbons (Fsp3) is 0.941. The molecule has 0 heterocycles. The molecular formula is C17H25NO. The number of hydrogen-bond acceptors (Lipinski definition) is 2. The third-order valence-electron chi connectivity index (χ3n) is 6.35. The van der Waals surface area contributed by atoms with E-state index in [4.69, 9.17) is 10.00 Å². The summed E-state index contributed by atoms with van der Waals surface area (Å²) >= 11 is 0. The summed E-state index contributed by atoms with van der Waals surface area (Å²) in [5.41, 5.74) is 0. The Morgan fingerprint density at radius 2 is 1.37 bits per heavy atom. The summed E-state index contributed by atoms with van der Waals surface area (Å²) in [6.45, 7) is 0. The van der Waals surface area contributed by atoms with Crippen molar-refractivity contribution in [1.82, 2.24) is 0 Å². The highest BCUT2D eigenvalue weighted by Gasteiger charge is 2.49. The zero-order valence-corrected chi connectivity index (χ0v) is 11.8. The molecule has 0 aromatic rings. The maximum absolute atomic E-state index is 8.97. The van der Waals surface area contributed by atoms with E-state index in [1.54, 1.807) is 0 Å². The third kappa shape index (κ3) is 2.21. The van der Waals surface area contributed by atoms with Crippen LogP contribution in [0.5, 0.6) is 0 Å². The molecule has 0 N–H and O–H groups in total. The maximum Gasteiger partial charge on any atom is 0.0655 e. The smallest absolute Gasteiger partial charge is 0.0655 e. The first-order valence-corrected chi connectivity index (χ1v) is 8.37. The van der Waals surface area contributed by atoms with E-state index in [9.17, 15) is 0 Å². The second-order valence-electron chi connectivity index (χ2n) is 7.63. The Balaban J connectivity index is 1.37. The summed E-state index contributed by atoms with van der Waals surface area (Å²) in [5, 5.41) is 8.97. The van der Waals surface area contributed by atoms with Crippen molar-refractivity contribution in [2.75, 3.05) is 0 Å². The summed E-state index contributed by atoms with van der Waals surface area (Å²) in [7, 11) is 0. The van der Waals surface area contributed by atoms with Gasteiger partial charge in [0.1, 0.15) is 0 Å². The van der Waals surface area contributed by atoms with Crippen LogP contribution in [-0.2, 0) is 4.74 Å². The molecule has 0 aliphatic heterocycles. The van der Waals surface area contributed by atoms with Crippen molar-refractivity contribution in [3.05, 3.63) is 0 Å². The summed E-state index contributed by atoms with van der Waals surface area (Å²) in [6.07, 6.45) is 12.7. The van der Waals surface area contributed by atoms with Crippen LogP contribution in [0.3, 0.4) is 0 Å². The quantitative estimate of drug-likeness (QED) is 0.753. The van der Waals surface area contributed by atoms with Crippen LogP contribution in [0.25, 0.3) is 0 Å². The highest BCUT2D eigenvalue weighted by molar-refractivity contribution is 4.99. The largest absolute Gasteiger partial charge is 0.374 e. The molecule has 5 fully saturated rings. The lowest BCUT2D eigenvalue weighted by Crippen LogP contribution is -2.50. The Hall–Kier alpha value is -0.550. The third-order valence-corrected chi connectivity index (χ3v) is 6.35. The van der Waals surface area contributed by atoms with Gasteiger partial charge in [0, 0.05) is 5.92 Å². The summed E-state index contributed by atoms with van der Waals surface area (Å²) in [4.78, 5) is 0. The number of rotatable bonds is 2. The van der Waals surface area contributed by atoms with E-state index in [0.717, 1.165) is 49.4 Å². The molecule has 2 heteroatoms. The molecule has 5 saturated carbocycles. The van der Waals surface area contributed by atoms with Gasteiger partial charge >= 0.3 is 0 Å². The van der Waals surface area contributed by atoms with Crippen LogP contribution < -0.4 is 0 Å². The van der Waals surface area contributed by atoms with Crippen molar-refractivity contribution in [3.8, 4) is 6.07 Å². The molecule has 0 saturated heterocycles. The highest BCUT2D eigenvalue weighted by Crippen LogP contribution is 2.55. The van der Waals surface area contributed by atoms with Gasteiger partial charge in [-0.2, -0.15) is 5.26 Å². The summed E-state index contributed by atoms with van der Waals surface area (Å²) in [5.74, 6) is 4.14. The van der Waals surface area contributed by atoms with Crippen LogP contribution in [0.2, 0.25) is 0 Å². The Bertz CT molecular complexity index is 349. The van der Waals surface area contributed by atoms with Crippen molar-refractivity contribution in [2.45, 2.75) is 70.0 Å². The summed E-state index contributed by atoms with van der Waals surface area (Å²) in [6, 6.07) is 2.42. The molecule has 19 heavy (non-hydrogen) atoms. The van der Waals surface area contributed by atoms with Gasteiger partial charge in [-0.05, 0) is 81.5 Å². The lowest BCUT2D eigenvalue weighted by Gasteiger charge is -2.54. The van der Waals surface area contributed by atoms with Crippen LogP contribution in [0.15, 0.2) is 0 Å². The fourth-order valence-corrected chi connectivity index (χ4v) is 5.65. The average Bonchev–Trinajstić information content (AvgIpc) is 2.43. The van der Waals surface area contributed by atoms with Crippen molar-refractivity contribution >= 4 is 0 Å². The zero-order chi connectivity index (χ0) is 12.8. The Kier molecular flexibility index (Phi) is 3.07. The van der Waals surface area contributed by atoms with Crippen LogP contribution in [-0.4, -0.2) is 12.2 Å². The lowest BCUT2D eigenvalue weighted by molar-refractivity contribution is -0.157. The molecule has 5 rings (SSSR count). The predicted octanol–water partition coefficient (Wildman–Crippen LogP) is 3.91. The standard InChI is InChI=1S/C17H25NO/c18-10-11-1-3-16(4-2-11)19-17-14-6-12-5-13(8-14)9-15(17)7-12/h11-17H,1-9H2. The van der Waals surface area contributed by atoms with Gasteiger partial charge in [0.15, 0.2) is 0 Å². The first-order valence-electron chi connectivity index (χ1n) is 8.37. The Labute approximate surface area is 116 Å². The van der Waals surface area contributed by atoms with Crippen molar-refractivity contribution in [1.29, 1.82) is 5.26 Å². The van der Waals surface area contributed by atoms with Gasteiger partial charge < -0.3 is 4.74 Å². The number of hydrogen-bond donors (Lipinski definition) is 0. The normalized spacial score (nSPS) is 52.1. The van der Waals surface area contributed by atoms with Crippen LogP contribution in [0, 0.1) is 40.9 Å². The lowest BCUT2D eigenvalue weighted by atomic mass is 9.55. The molecule has 0 aromatic heterocycles. The Morgan fingerprint density at radius 1 is 0.789 bits per heavy atom. The molecule has 0 unspecified atom stereocenters. The van der Waals surface area contributed by atoms with Gasteiger partial charge in [0.2, 0.25) is 0 Å². The topological polar surface area (TPSA) is 33.0 Å². The molecule has 0 aromatic carbocycles. The average molecular weight is 259 g/mol. The zero-order valence-electron chi connectivity index (χ0n) is 11.8. The minimum atomic E-state index is 0.304. The molecule has 0 radical (unpaired) electrons. The molecule has 0 spiro atoms. The van der Waals surface area contributed by atoms with Crippen molar-refractivity contribution in [2.24, 2.45) is 29.6 Å². The van der Waals surface area contributed by atoms with E-state index in [-0.39, 0.29) is 0 Å². The minimum absolute atomic E-state index is 0.304. The molecule has 4 bridgehead atoms. The van der Waals surface area contributed by atoms with E-state index in [2.05, 4.69) is 6.07 Å². The molecule has 0 amide bonds. The van der Waals surface area contributed by atoms with Crippen molar-refractivity contribution in [3.63, 3.8) is 0 Å². The molecule has 5 aliphatic rings. The molecular weight excluding hydrogens is 234 g/mol. The van der Waals surface area contributed by atoms with E-state index in [1.807, 2.05) is 0 Å². The Morgan fingerprint density at radius 3 is 1.89 bits per heavy atom. The highest BCUT2D eigenvalue weighted by atomic mass is 16.5. The van der Waals surface area contributed by atoms with Crippen LogP contribution in [0.1, 0.15) is 57.8 Å². The minimum Gasteiger partial charge on any atom is -0.374 e. The molecule has 5 aliphatic carbocycles. The maximum atomic E-state index is 8.97. The molecule has 104 valence electrons. The monoisotopic (exact) mass is 259 g/mol. The first-order chi connectivity index (χ1) is 9.31. The number of ether oxygens (including phenoxy) is 1. The number of nitriles is 1. The van der Waals surface area contributed by atoms with Crippen LogP contribution in [0.4, 0.5) is 0 Å². The second kappa shape index (κ2) is 4.77. The molecule has 0 atom stereocenters. The van der Waals surface area contributed by atoms with E-state index in [1.165, 1.54) is 32.1 Å². The van der Waals surface area contributed by atoms with Gasteiger partial charge in [0.25, 0.3) is 0 Å². The van der Waals surface area contributed by atoms with Gasteiger partial charge in [0.05, 0.1) is 18.3 Å². The predicted molar refractivity (Wildman–Crippen MR) is 73.3 cm³/mol. The fourth-order valence-electron chi connectivity index (χ4n) is 5.65. The SMILES string of the molecule is N#CC1CCC(OC2C3CC4CC(C3)CC2C4)CC1. The van der Waals surface area contributed by atoms with Crippen LogP contribution >= 0.6 is 0 Å². The van der Waals surface area contributed by atoms with Gasteiger partial charge in [-0.15, -0.1) is 0 Å². The summed E-state index contributed by atoms with van der Waals surface area (Å²) < 4.78 is 6.55. The first kappa shape index (κ1) is 12.2. The van der Waals surface area contributed by atoms with Gasteiger partial charge in [-0.25, -0.2) is 0 Å². The van der Waals surface area contributed by atoms with E-state index in [0.29, 0.717) is 18.1 Å². The van der Waals surface area contributed by atoms with Gasteiger partial charge in [-0.3, -0.25) is 0 Å².